The van der Waals surface area contributed by atoms with Crippen LogP contribution in [-0.2, 0) is 6.18 Å². The van der Waals surface area contributed by atoms with Gasteiger partial charge in [0.25, 0.3) is 5.91 Å². The molecule has 3 rings (SSSR count). The van der Waals surface area contributed by atoms with Crippen LogP contribution in [0.1, 0.15) is 16.1 Å². The van der Waals surface area contributed by atoms with Crippen molar-refractivity contribution in [1.82, 2.24) is 14.7 Å². The molecule has 1 N–H and O–H groups in total. The first kappa shape index (κ1) is 15.8. The maximum Gasteiger partial charge on any atom is 0.434 e. The largest absolute Gasteiger partial charge is 0.434 e. The van der Waals surface area contributed by atoms with E-state index in [1.807, 2.05) is 0 Å². The summed E-state index contributed by atoms with van der Waals surface area (Å²) in [5.41, 5.74) is -1.61. The molecule has 5 nitrogen and oxygen atoms in total. The van der Waals surface area contributed by atoms with Gasteiger partial charge in [0.15, 0.2) is 5.69 Å². The first-order chi connectivity index (χ1) is 10.8. The lowest BCUT2D eigenvalue weighted by molar-refractivity contribution is -0.143. The highest BCUT2D eigenvalue weighted by Gasteiger charge is 2.42. The Bertz CT molecular complexity index is 754. The summed E-state index contributed by atoms with van der Waals surface area (Å²) >= 11 is 5.80. The molecule has 0 spiro atoms. The van der Waals surface area contributed by atoms with E-state index in [2.05, 4.69) is 5.10 Å². The van der Waals surface area contributed by atoms with Crippen molar-refractivity contribution in [2.24, 2.45) is 0 Å². The van der Waals surface area contributed by atoms with Crippen molar-refractivity contribution in [2.75, 3.05) is 13.1 Å². The molecule has 1 aliphatic rings. The maximum absolute atomic E-state index is 13.4. The van der Waals surface area contributed by atoms with Gasteiger partial charge in [0.05, 0.1) is 23.6 Å². The lowest BCUT2D eigenvalue weighted by atomic mass is 10.1. The highest BCUT2D eigenvalue weighted by molar-refractivity contribution is 6.30. The molecule has 2 heterocycles. The Morgan fingerprint density at radius 1 is 1.35 bits per heavy atom. The van der Waals surface area contributed by atoms with Crippen LogP contribution in [-0.4, -0.2) is 44.9 Å². The number of aromatic nitrogens is 2. The van der Waals surface area contributed by atoms with E-state index in [1.165, 1.54) is 24.3 Å². The third-order valence-corrected chi connectivity index (χ3v) is 3.71. The maximum atomic E-state index is 13.4. The van der Waals surface area contributed by atoms with Gasteiger partial charge in [0.2, 0.25) is 0 Å². The minimum Gasteiger partial charge on any atom is -0.389 e. The molecule has 0 radical (unpaired) electrons. The molecule has 122 valence electrons. The molecule has 1 aromatic carbocycles. The minimum atomic E-state index is -4.77. The predicted octanol–water partition coefficient (Wildman–Crippen LogP) is 2.36. The molecule has 0 saturated carbocycles. The van der Waals surface area contributed by atoms with Gasteiger partial charge in [0.1, 0.15) is 0 Å². The lowest BCUT2D eigenvalue weighted by Gasteiger charge is -2.35. The minimum absolute atomic E-state index is 0.0124. The molecule has 1 aliphatic heterocycles. The molecule has 1 fully saturated rings. The average molecular weight is 346 g/mol. The summed E-state index contributed by atoms with van der Waals surface area (Å²) in [6, 6.07) is 5.75. The Balaban J connectivity index is 2.07. The van der Waals surface area contributed by atoms with Crippen LogP contribution < -0.4 is 0 Å². The van der Waals surface area contributed by atoms with E-state index in [0.29, 0.717) is 4.68 Å². The first-order valence-corrected chi connectivity index (χ1v) is 7.03. The highest BCUT2D eigenvalue weighted by atomic mass is 35.5. The molecule has 9 heteroatoms. The Morgan fingerprint density at radius 3 is 2.61 bits per heavy atom. The summed E-state index contributed by atoms with van der Waals surface area (Å²) in [4.78, 5) is 13.3. The molecule has 2 aromatic rings. The van der Waals surface area contributed by atoms with Crippen molar-refractivity contribution in [3.8, 4) is 5.69 Å². The normalized spacial score (nSPS) is 15.6. The van der Waals surface area contributed by atoms with Crippen LogP contribution in [0.2, 0.25) is 5.02 Å². The zero-order chi connectivity index (χ0) is 16.8. The van der Waals surface area contributed by atoms with Gasteiger partial charge in [-0.05, 0) is 18.2 Å². The number of aliphatic hydroxyl groups excluding tert-OH is 1. The first-order valence-electron chi connectivity index (χ1n) is 6.66. The number of nitrogens with zero attached hydrogens (tertiary/aromatic N) is 3. The van der Waals surface area contributed by atoms with Crippen molar-refractivity contribution < 1.29 is 23.1 Å². The number of hydrogen-bond acceptors (Lipinski definition) is 3. The van der Waals surface area contributed by atoms with Crippen molar-refractivity contribution in [3.05, 3.63) is 46.7 Å². The van der Waals surface area contributed by atoms with Crippen LogP contribution in [0.15, 0.2) is 30.5 Å². The smallest absolute Gasteiger partial charge is 0.389 e. The Hall–Kier alpha value is -2.06. The number of carbonyl (C=O) groups is 1. The van der Waals surface area contributed by atoms with Crippen LogP contribution in [0.5, 0.6) is 0 Å². The molecule has 0 bridgehead atoms. The Labute approximate surface area is 133 Å². The van der Waals surface area contributed by atoms with E-state index >= 15 is 0 Å². The van der Waals surface area contributed by atoms with Gasteiger partial charge in [-0.25, -0.2) is 4.68 Å². The number of β-amino-alcohol motifs (C(OH)–C–C–N with tert-alkyl or cyclic N) is 1. The summed E-state index contributed by atoms with van der Waals surface area (Å²) in [7, 11) is 0. The second-order valence-electron chi connectivity index (χ2n) is 5.16. The fourth-order valence-electron chi connectivity index (χ4n) is 2.37. The molecular formula is C14H11ClF3N3O2. The average Bonchev–Trinajstić information content (AvgIpc) is 2.88. The van der Waals surface area contributed by atoms with E-state index in [1.54, 1.807) is 0 Å². The number of hydrogen-bond donors (Lipinski definition) is 1. The third-order valence-electron chi connectivity index (χ3n) is 3.47. The molecule has 1 aromatic heterocycles. The predicted molar refractivity (Wildman–Crippen MR) is 75.5 cm³/mol. The summed E-state index contributed by atoms with van der Waals surface area (Å²) in [5, 5.41) is 13.2. The third kappa shape index (κ3) is 2.91. The molecule has 1 amide bonds. The van der Waals surface area contributed by atoms with Crippen molar-refractivity contribution in [3.63, 3.8) is 0 Å². The highest BCUT2D eigenvalue weighted by Crippen LogP contribution is 2.35. The van der Waals surface area contributed by atoms with E-state index < -0.39 is 29.4 Å². The fraction of sp³-hybridized carbons (Fsp3) is 0.286. The van der Waals surface area contributed by atoms with Gasteiger partial charge < -0.3 is 10.0 Å². The number of halogens is 4. The summed E-state index contributed by atoms with van der Waals surface area (Å²) in [5.74, 6) is -0.809. The van der Waals surface area contributed by atoms with Crippen LogP contribution in [0, 0.1) is 0 Å². The lowest BCUT2D eigenvalue weighted by Crippen LogP contribution is -2.53. The van der Waals surface area contributed by atoms with Crippen molar-refractivity contribution >= 4 is 17.5 Å². The zero-order valence-corrected chi connectivity index (χ0v) is 12.3. The van der Waals surface area contributed by atoms with Crippen LogP contribution in [0.25, 0.3) is 5.69 Å². The number of likely N-dealkylation sites (tertiary alicyclic amines) is 1. The van der Waals surface area contributed by atoms with E-state index in [0.717, 1.165) is 11.1 Å². The monoisotopic (exact) mass is 345 g/mol. The second-order valence-corrected chi connectivity index (χ2v) is 5.60. The standard InChI is InChI=1S/C14H11ClF3N3O2/c15-8-2-1-3-9(4-8)21-12(14(16,17)18)11(5-19-21)13(23)20-6-10(22)7-20/h1-5,10,22H,6-7H2. The van der Waals surface area contributed by atoms with Crippen LogP contribution in [0.3, 0.4) is 0 Å². The van der Waals surface area contributed by atoms with Gasteiger partial charge in [-0.1, -0.05) is 17.7 Å². The van der Waals surface area contributed by atoms with E-state index in [9.17, 15) is 23.1 Å². The van der Waals surface area contributed by atoms with Gasteiger partial charge in [-0.15, -0.1) is 0 Å². The number of alkyl halides is 3. The SMILES string of the molecule is O=C(c1cnn(-c2cccc(Cl)c2)c1C(F)(F)F)N1CC(O)C1. The number of benzene rings is 1. The summed E-state index contributed by atoms with van der Waals surface area (Å²) in [6.45, 7) is 0.0248. The quantitative estimate of drug-likeness (QED) is 0.909. The van der Waals surface area contributed by atoms with E-state index in [4.69, 9.17) is 11.6 Å². The van der Waals surface area contributed by atoms with Crippen LogP contribution >= 0.6 is 11.6 Å². The molecular weight excluding hydrogens is 335 g/mol. The number of aliphatic hydroxyl groups is 1. The number of carbonyl (C=O) groups excluding carboxylic acids is 1. The van der Waals surface area contributed by atoms with Crippen molar-refractivity contribution in [1.29, 1.82) is 0 Å². The van der Waals surface area contributed by atoms with E-state index in [-0.39, 0.29) is 23.8 Å². The summed E-state index contributed by atoms with van der Waals surface area (Å²) < 4.78 is 41.0. The number of rotatable bonds is 2. The van der Waals surface area contributed by atoms with Gasteiger partial charge >= 0.3 is 6.18 Å². The topological polar surface area (TPSA) is 58.4 Å². The number of amides is 1. The Morgan fingerprint density at radius 2 is 2.04 bits per heavy atom. The summed E-state index contributed by atoms with van der Waals surface area (Å²) in [6.07, 6.45) is -4.58. The molecule has 1 saturated heterocycles. The second kappa shape index (κ2) is 5.54. The van der Waals surface area contributed by atoms with Gasteiger partial charge in [0, 0.05) is 18.1 Å². The molecule has 0 aliphatic carbocycles. The Kier molecular flexibility index (Phi) is 3.81. The molecule has 0 atom stereocenters. The van der Waals surface area contributed by atoms with Crippen molar-refractivity contribution in [2.45, 2.75) is 12.3 Å². The van der Waals surface area contributed by atoms with Gasteiger partial charge in [-0.3, -0.25) is 4.79 Å². The van der Waals surface area contributed by atoms with Crippen LogP contribution in [0.4, 0.5) is 13.2 Å². The zero-order valence-electron chi connectivity index (χ0n) is 11.6. The fourth-order valence-corrected chi connectivity index (χ4v) is 2.56. The molecule has 23 heavy (non-hydrogen) atoms. The molecule has 0 unspecified atom stereocenters. The van der Waals surface area contributed by atoms with Gasteiger partial charge in [-0.2, -0.15) is 18.3 Å².